The molecule has 1 N–H and O–H groups in total. The van der Waals surface area contributed by atoms with E-state index in [1.165, 1.54) is 6.20 Å². The van der Waals surface area contributed by atoms with Crippen LogP contribution in [0.4, 0.5) is 0 Å². The fourth-order valence-electron chi connectivity index (χ4n) is 2.16. The normalized spacial score (nSPS) is 11.1. The molecule has 0 unspecified atom stereocenters. The van der Waals surface area contributed by atoms with Crippen molar-refractivity contribution >= 4 is 28.5 Å². The van der Waals surface area contributed by atoms with E-state index in [1.807, 2.05) is 18.2 Å². The molecule has 2 aromatic heterocycles. The van der Waals surface area contributed by atoms with Crippen LogP contribution in [0.25, 0.3) is 22.4 Å². The van der Waals surface area contributed by atoms with Gasteiger partial charge in [-0.3, -0.25) is 0 Å². The Morgan fingerprint density at radius 3 is 2.95 bits per heavy atom. The van der Waals surface area contributed by atoms with Crippen LogP contribution in [-0.2, 0) is 7.05 Å². The first-order valence-electron chi connectivity index (χ1n) is 5.52. The molecule has 0 saturated carbocycles. The van der Waals surface area contributed by atoms with Gasteiger partial charge in [0.1, 0.15) is 5.56 Å². The van der Waals surface area contributed by atoms with E-state index in [4.69, 9.17) is 21.2 Å². The first kappa shape index (κ1) is 11.8. The van der Waals surface area contributed by atoms with E-state index in [0.717, 1.165) is 10.9 Å². The Balaban J connectivity index is 2.32. The first-order chi connectivity index (χ1) is 9.09. The summed E-state index contributed by atoms with van der Waals surface area (Å²) in [7, 11) is 1.80. The molecular weight excluding hydrogens is 268 g/mol. The maximum atomic E-state index is 11.1. The topological polar surface area (TPSA) is 68.3 Å². The summed E-state index contributed by atoms with van der Waals surface area (Å²) in [6.45, 7) is 0. The minimum absolute atomic E-state index is 0.0297. The second kappa shape index (κ2) is 4.13. The van der Waals surface area contributed by atoms with Crippen LogP contribution in [-0.4, -0.2) is 20.8 Å². The van der Waals surface area contributed by atoms with Crippen molar-refractivity contribution in [3.05, 3.63) is 41.0 Å². The zero-order valence-corrected chi connectivity index (χ0v) is 10.7. The third kappa shape index (κ3) is 1.70. The number of hydrogen-bond acceptors (Lipinski definition) is 3. The van der Waals surface area contributed by atoms with E-state index in [2.05, 4.69) is 5.16 Å². The minimum Gasteiger partial charge on any atom is -0.477 e. The molecule has 1 aromatic carbocycles. The molecule has 3 aromatic rings. The Bertz CT molecular complexity index is 788. The molecule has 0 atom stereocenters. The molecule has 0 amide bonds. The van der Waals surface area contributed by atoms with Crippen LogP contribution >= 0.6 is 11.6 Å². The SMILES string of the molecule is Cn1c(-c2oncc2C(=O)O)cc2cccc(Cl)c21. The van der Waals surface area contributed by atoms with Crippen LogP contribution < -0.4 is 0 Å². The van der Waals surface area contributed by atoms with Crippen LogP contribution in [0.1, 0.15) is 10.4 Å². The first-order valence-corrected chi connectivity index (χ1v) is 5.89. The van der Waals surface area contributed by atoms with E-state index in [-0.39, 0.29) is 11.3 Å². The average molecular weight is 277 g/mol. The smallest absolute Gasteiger partial charge is 0.341 e. The van der Waals surface area contributed by atoms with Gasteiger partial charge in [0.05, 0.1) is 22.4 Å². The van der Waals surface area contributed by atoms with E-state index >= 15 is 0 Å². The summed E-state index contributed by atoms with van der Waals surface area (Å²) in [4.78, 5) is 11.1. The number of carboxylic acids is 1. The fourth-order valence-corrected chi connectivity index (χ4v) is 2.47. The second-order valence-electron chi connectivity index (χ2n) is 4.14. The number of nitrogens with zero attached hydrogens (tertiary/aromatic N) is 2. The molecule has 0 aliphatic heterocycles. The van der Waals surface area contributed by atoms with E-state index < -0.39 is 5.97 Å². The number of aromatic carboxylic acids is 1. The largest absolute Gasteiger partial charge is 0.477 e. The lowest BCUT2D eigenvalue weighted by Crippen LogP contribution is -1.98. The summed E-state index contributed by atoms with van der Waals surface area (Å²) in [5.74, 6) is -0.852. The third-order valence-electron chi connectivity index (χ3n) is 3.04. The Morgan fingerprint density at radius 1 is 1.47 bits per heavy atom. The number of carboxylic acid groups (broad SMARTS) is 1. The molecule has 3 rings (SSSR count). The van der Waals surface area contributed by atoms with Gasteiger partial charge in [-0.25, -0.2) is 4.79 Å². The summed E-state index contributed by atoms with van der Waals surface area (Å²) in [5.41, 5.74) is 1.48. The van der Waals surface area contributed by atoms with Gasteiger partial charge in [-0.1, -0.05) is 28.9 Å². The van der Waals surface area contributed by atoms with Crippen molar-refractivity contribution in [3.8, 4) is 11.5 Å². The number of carbonyl (C=O) groups is 1. The number of aryl methyl sites for hydroxylation is 1. The van der Waals surface area contributed by atoms with Crippen molar-refractivity contribution in [1.82, 2.24) is 9.72 Å². The number of rotatable bonds is 2. The van der Waals surface area contributed by atoms with Gasteiger partial charge < -0.3 is 14.2 Å². The molecule has 0 fully saturated rings. The number of aromatic nitrogens is 2. The predicted molar refractivity (Wildman–Crippen MR) is 70.4 cm³/mol. The standard InChI is InChI=1S/C13H9ClN2O3/c1-16-10(12-8(13(17)18)6-15-19-12)5-7-3-2-4-9(14)11(7)16/h2-6H,1H3,(H,17,18). The lowest BCUT2D eigenvalue weighted by atomic mass is 10.2. The number of benzene rings is 1. The molecule has 0 spiro atoms. The molecule has 0 saturated heterocycles. The molecular formula is C13H9ClN2O3. The van der Waals surface area contributed by atoms with Gasteiger partial charge in [-0.15, -0.1) is 0 Å². The minimum atomic E-state index is -1.08. The highest BCUT2D eigenvalue weighted by Crippen LogP contribution is 2.32. The average Bonchev–Trinajstić information content (AvgIpc) is 2.94. The van der Waals surface area contributed by atoms with Crippen molar-refractivity contribution in [2.45, 2.75) is 0 Å². The molecule has 0 aliphatic carbocycles. The van der Waals surface area contributed by atoms with Gasteiger partial charge in [-0.2, -0.15) is 0 Å². The second-order valence-corrected chi connectivity index (χ2v) is 4.55. The molecule has 6 heteroatoms. The number of halogens is 1. The zero-order chi connectivity index (χ0) is 13.6. The van der Waals surface area contributed by atoms with E-state index in [1.54, 1.807) is 17.7 Å². The summed E-state index contributed by atoms with van der Waals surface area (Å²) < 4.78 is 6.86. The molecule has 0 radical (unpaired) electrons. The Morgan fingerprint density at radius 2 is 2.26 bits per heavy atom. The number of fused-ring (bicyclic) bond motifs is 1. The Kier molecular flexibility index (Phi) is 2.57. The van der Waals surface area contributed by atoms with Gasteiger partial charge in [-0.05, 0) is 12.1 Å². The fraction of sp³-hybridized carbons (Fsp3) is 0.0769. The molecule has 0 aliphatic rings. The highest BCUT2D eigenvalue weighted by Gasteiger charge is 2.21. The van der Waals surface area contributed by atoms with Crippen molar-refractivity contribution < 1.29 is 14.4 Å². The molecule has 19 heavy (non-hydrogen) atoms. The van der Waals surface area contributed by atoms with Crippen LogP contribution in [0.3, 0.4) is 0 Å². The van der Waals surface area contributed by atoms with Gasteiger partial charge in [0, 0.05) is 12.4 Å². The van der Waals surface area contributed by atoms with Gasteiger partial charge in [0.15, 0.2) is 5.76 Å². The van der Waals surface area contributed by atoms with Gasteiger partial charge in [0.25, 0.3) is 0 Å². The summed E-state index contributed by atoms with van der Waals surface area (Å²) >= 11 is 6.16. The van der Waals surface area contributed by atoms with Crippen LogP contribution in [0, 0.1) is 0 Å². The van der Waals surface area contributed by atoms with Crippen molar-refractivity contribution in [3.63, 3.8) is 0 Å². The molecule has 5 nitrogen and oxygen atoms in total. The highest BCUT2D eigenvalue weighted by molar-refractivity contribution is 6.35. The Labute approximate surface area is 113 Å². The van der Waals surface area contributed by atoms with Crippen LogP contribution in [0.2, 0.25) is 5.02 Å². The van der Waals surface area contributed by atoms with Crippen molar-refractivity contribution in [2.75, 3.05) is 0 Å². The zero-order valence-electron chi connectivity index (χ0n) is 9.92. The lowest BCUT2D eigenvalue weighted by molar-refractivity contribution is 0.0697. The van der Waals surface area contributed by atoms with E-state index in [9.17, 15) is 4.79 Å². The highest BCUT2D eigenvalue weighted by atomic mass is 35.5. The van der Waals surface area contributed by atoms with Crippen LogP contribution in [0.15, 0.2) is 35.0 Å². The maximum absolute atomic E-state index is 11.1. The summed E-state index contributed by atoms with van der Waals surface area (Å²) in [6, 6.07) is 7.36. The summed E-state index contributed by atoms with van der Waals surface area (Å²) in [6.07, 6.45) is 1.19. The molecule has 0 bridgehead atoms. The Hall–Kier alpha value is -2.27. The molecule has 2 heterocycles. The number of para-hydroxylation sites is 1. The third-order valence-corrected chi connectivity index (χ3v) is 3.35. The van der Waals surface area contributed by atoms with Gasteiger partial charge >= 0.3 is 5.97 Å². The predicted octanol–water partition coefficient (Wildman–Crippen LogP) is 3.18. The quantitative estimate of drug-likeness (QED) is 0.780. The monoisotopic (exact) mass is 276 g/mol. The summed E-state index contributed by atoms with van der Waals surface area (Å²) in [5, 5.41) is 14.2. The van der Waals surface area contributed by atoms with Crippen LogP contribution in [0.5, 0.6) is 0 Å². The van der Waals surface area contributed by atoms with E-state index in [0.29, 0.717) is 10.7 Å². The molecule has 96 valence electrons. The number of hydrogen-bond donors (Lipinski definition) is 1. The van der Waals surface area contributed by atoms with Crippen molar-refractivity contribution in [2.24, 2.45) is 7.05 Å². The maximum Gasteiger partial charge on any atom is 0.341 e. The lowest BCUT2D eigenvalue weighted by Gasteiger charge is -2.02. The van der Waals surface area contributed by atoms with Gasteiger partial charge in [0.2, 0.25) is 0 Å². The van der Waals surface area contributed by atoms with Crippen molar-refractivity contribution in [1.29, 1.82) is 0 Å².